The first kappa shape index (κ1) is 12.3. The van der Waals surface area contributed by atoms with Crippen molar-refractivity contribution in [2.75, 3.05) is 0 Å². The van der Waals surface area contributed by atoms with Crippen molar-refractivity contribution in [2.24, 2.45) is 11.8 Å². The molecule has 0 saturated heterocycles. The summed E-state index contributed by atoms with van der Waals surface area (Å²) in [5.74, 6) is 2.33. The van der Waals surface area contributed by atoms with E-state index in [9.17, 15) is 0 Å². The van der Waals surface area contributed by atoms with Crippen LogP contribution in [0.25, 0.3) is 0 Å². The van der Waals surface area contributed by atoms with Gasteiger partial charge in [0.05, 0.1) is 0 Å². The van der Waals surface area contributed by atoms with Crippen molar-refractivity contribution in [3.05, 3.63) is 35.9 Å². The van der Waals surface area contributed by atoms with Crippen molar-refractivity contribution >= 4 is 0 Å². The quantitative estimate of drug-likeness (QED) is 0.642. The predicted molar refractivity (Wildman–Crippen MR) is 68.1 cm³/mol. The Morgan fingerprint density at radius 1 is 0.933 bits per heavy atom. The van der Waals surface area contributed by atoms with Gasteiger partial charge < -0.3 is 0 Å². The molecule has 0 radical (unpaired) electrons. The molecule has 0 fully saturated rings. The lowest BCUT2D eigenvalue weighted by atomic mass is 9.76. The average Bonchev–Trinajstić information content (AvgIpc) is 2.26. The molecule has 1 rings (SSSR count). The summed E-state index contributed by atoms with van der Waals surface area (Å²) in [6, 6.07) is 11.0. The summed E-state index contributed by atoms with van der Waals surface area (Å²) in [7, 11) is 0. The lowest BCUT2D eigenvalue weighted by molar-refractivity contribution is 0.302. The molecule has 0 aliphatic carbocycles. The lowest BCUT2D eigenvalue weighted by Crippen LogP contribution is -2.17. The first-order chi connectivity index (χ1) is 7.20. The Morgan fingerprint density at radius 3 is 1.93 bits per heavy atom. The summed E-state index contributed by atoms with van der Waals surface area (Å²) in [4.78, 5) is 0. The van der Waals surface area contributed by atoms with Gasteiger partial charge in [0, 0.05) is 0 Å². The second-order valence-corrected chi connectivity index (χ2v) is 4.74. The van der Waals surface area contributed by atoms with Crippen molar-refractivity contribution in [3.8, 4) is 0 Å². The van der Waals surface area contributed by atoms with E-state index in [-0.39, 0.29) is 0 Å². The van der Waals surface area contributed by atoms with Gasteiger partial charge in [0.25, 0.3) is 0 Å². The highest BCUT2D eigenvalue weighted by atomic mass is 14.3. The molecule has 0 aliphatic heterocycles. The van der Waals surface area contributed by atoms with Crippen LogP contribution in [0.15, 0.2) is 30.3 Å². The molecule has 0 nitrogen and oxygen atoms in total. The summed E-state index contributed by atoms with van der Waals surface area (Å²) in [5, 5.41) is 0. The molecule has 84 valence electrons. The van der Waals surface area contributed by atoms with Gasteiger partial charge >= 0.3 is 0 Å². The molecule has 15 heavy (non-hydrogen) atoms. The van der Waals surface area contributed by atoms with E-state index in [1.54, 1.807) is 0 Å². The minimum absolute atomic E-state index is 0.733. The molecule has 0 heteroatoms. The third-order valence-corrected chi connectivity index (χ3v) is 3.51. The van der Waals surface area contributed by atoms with Gasteiger partial charge in [-0.25, -0.2) is 0 Å². The largest absolute Gasteiger partial charge is 0.0651 e. The summed E-state index contributed by atoms with van der Waals surface area (Å²) in [6.07, 6.45) is 2.53. The third-order valence-electron chi connectivity index (χ3n) is 3.51. The number of benzene rings is 1. The SMILES string of the molecule is CCC(c1ccccc1)C(CC)C(C)C. The van der Waals surface area contributed by atoms with Gasteiger partial charge in [-0.3, -0.25) is 0 Å². The zero-order valence-corrected chi connectivity index (χ0v) is 10.5. The molecule has 0 saturated carbocycles. The fraction of sp³-hybridized carbons (Fsp3) is 0.600. The Morgan fingerprint density at radius 2 is 1.53 bits per heavy atom. The zero-order valence-electron chi connectivity index (χ0n) is 10.5. The van der Waals surface area contributed by atoms with E-state index in [1.165, 1.54) is 18.4 Å². The normalized spacial score (nSPS) is 15.3. The molecular weight excluding hydrogens is 180 g/mol. The molecule has 1 aromatic carbocycles. The first-order valence-corrected chi connectivity index (χ1v) is 6.25. The Hall–Kier alpha value is -0.780. The van der Waals surface area contributed by atoms with Gasteiger partial charge in [-0.15, -0.1) is 0 Å². The molecule has 0 N–H and O–H groups in total. The van der Waals surface area contributed by atoms with Crippen LogP contribution in [0.3, 0.4) is 0 Å². The highest BCUT2D eigenvalue weighted by Crippen LogP contribution is 2.34. The molecule has 2 unspecified atom stereocenters. The second-order valence-electron chi connectivity index (χ2n) is 4.74. The van der Waals surface area contributed by atoms with Gasteiger partial charge in [0.1, 0.15) is 0 Å². The Bertz CT molecular complexity index is 261. The maximum absolute atomic E-state index is 2.35. The Labute approximate surface area is 94.7 Å². The van der Waals surface area contributed by atoms with E-state index in [1.807, 2.05) is 0 Å². The Kier molecular flexibility index (Phi) is 4.87. The number of hydrogen-bond acceptors (Lipinski definition) is 0. The van der Waals surface area contributed by atoms with E-state index in [4.69, 9.17) is 0 Å². The van der Waals surface area contributed by atoms with Crippen LogP contribution in [0.2, 0.25) is 0 Å². The molecule has 0 aliphatic rings. The molecular formula is C15H24. The molecule has 1 aromatic rings. The van der Waals surface area contributed by atoms with Crippen LogP contribution in [-0.4, -0.2) is 0 Å². The van der Waals surface area contributed by atoms with Crippen LogP contribution in [-0.2, 0) is 0 Å². The van der Waals surface area contributed by atoms with Crippen molar-refractivity contribution in [1.82, 2.24) is 0 Å². The summed E-state index contributed by atoms with van der Waals surface area (Å²) < 4.78 is 0. The molecule has 0 amide bonds. The van der Waals surface area contributed by atoms with Gasteiger partial charge in [-0.1, -0.05) is 64.4 Å². The zero-order chi connectivity index (χ0) is 11.3. The monoisotopic (exact) mass is 204 g/mol. The van der Waals surface area contributed by atoms with Crippen LogP contribution in [0.4, 0.5) is 0 Å². The molecule has 0 spiro atoms. The first-order valence-electron chi connectivity index (χ1n) is 6.25. The van der Waals surface area contributed by atoms with Crippen molar-refractivity contribution in [1.29, 1.82) is 0 Å². The van der Waals surface area contributed by atoms with E-state index in [0.717, 1.165) is 17.8 Å². The summed E-state index contributed by atoms with van der Waals surface area (Å²) in [6.45, 7) is 9.32. The standard InChI is InChI=1S/C15H24/c1-5-14(12(3)4)15(6-2)13-10-8-7-9-11-13/h7-12,14-15H,5-6H2,1-4H3. The maximum Gasteiger partial charge on any atom is -0.0134 e. The van der Waals surface area contributed by atoms with Crippen molar-refractivity contribution in [3.63, 3.8) is 0 Å². The van der Waals surface area contributed by atoms with Crippen LogP contribution < -0.4 is 0 Å². The minimum atomic E-state index is 0.733. The molecule has 2 atom stereocenters. The maximum atomic E-state index is 2.35. The highest BCUT2D eigenvalue weighted by molar-refractivity contribution is 5.20. The fourth-order valence-electron chi connectivity index (χ4n) is 2.71. The minimum Gasteiger partial charge on any atom is -0.0651 e. The van der Waals surface area contributed by atoms with Gasteiger partial charge in [-0.05, 0) is 29.7 Å². The van der Waals surface area contributed by atoms with E-state index in [0.29, 0.717) is 0 Å². The average molecular weight is 204 g/mol. The van der Waals surface area contributed by atoms with Crippen LogP contribution in [0, 0.1) is 11.8 Å². The van der Waals surface area contributed by atoms with Gasteiger partial charge in [-0.2, -0.15) is 0 Å². The second kappa shape index (κ2) is 5.95. The summed E-state index contributed by atoms with van der Waals surface area (Å²) >= 11 is 0. The van der Waals surface area contributed by atoms with Gasteiger partial charge in [0.2, 0.25) is 0 Å². The summed E-state index contributed by atoms with van der Waals surface area (Å²) in [5.41, 5.74) is 1.51. The van der Waals surface area contributed by atoms with Crippen LogP contribution >= 0.6 is 0 Å². The van der Waals surface area contributed by atoms with Crippen LogP contribution in [0.5, 0.6) is 0 Å². The van der Waals surface area contributed by atoms with Crippen molar-refractivity contribution in [2.45, 2.75) is 46.5 Å². The van der Waals surface area contributed by atoms with Crippen LogP contribution in [0.1, 0.15) is 52.0 Å². The smallest absolute Gasteiger partial charge is 0.0134 e. The molecule has 0 heterocycles. The number of rotatable bonds is 5. The van der Waals surface area contributed by atoms with Crippen molar-refractivity contribution < 1.29 is 0 Å². The van der Waals surface area contributed by atoms with E-state index in [2.05, 4.69) is 58.0 Å². The van der Waals surface area contributed by atoms with E-state index >= 15 is 0 Å². The molecule has 0 aromatic heterocycles. The Balaban J connectivity index is 2.87. The fourth-order valence-corrected chi connectivity index (χ4v) is 2.71. The highest BCUT2D eigenvalue weighted by Gasteiger charge is 2.22. The molecule has 0 bridgehead atoms. The topological polar surface area (TPSA) is 0 Å². The van der Waals surface area contributed by atoms with Gasteiger partial charge in [0.15, 0.2) is 0 Å². The number of hydrogen-bond donors (Lipinski definition) is 0. The lowest BCUT2D eigenvalue weighted by Gasteiger charge is -2.29. The third kappa shape index (κ3) is 3.09. The predicted octanol–water partition coefficient (Wildman–Crippen LogP) is 4.86. The van der Waals surface area contributed by atoms with E-state index < -0.39 is 0 Å².